The molecule has 1 N–H and O–H groups in total. The van der Waals surface area contributed by atoms with Crippen LogP contribution in [0.25, 0.3) is 17.3 Å². The van der Waals surface area contributed by atoms with Crippen molar-refractivity contribution >= 4 is 5.91 Å². The number of aryl methyl sites for hydroxylation is 1. The molecular weight excluding hydrogens is 416 g/mol. The van der Waals surface area contributed by atoms with Crippen LogP contribution in [0, 0.1) is 6.92 Å². The second-order valence-electron chi connectivity index (χ2n) is 8.86. The molecule has 1 aliphatic rings. The third kappa shape index (κ3) is 5.68. The van der Waals surface area contributed by atoms with Gasteiger partial charge in [0.15, 0.2) is 0 Å². The molecule has 0 radical (unpaired) electrons. The number of aromatic nitrogens is 4. The van der Waals surface area contributed by atoms with Gasteiger partial charge in [0.1, 0.15) is 5.69 Å². The maximum absolute atomic E-state index is 12.9. The molecular formula is C25H34N6O2. The van der Waals surface area contributed by atoms with E-state index in [-0.39, 0.29) is 11.9 Å². The van der Waals surface area contributed by atoms with Crippen molar-refractivity contribution < 1.29 is 9.21 Å². The lowest BCUT2D eigenvalue weighted by molar-refractivity contribution is 0.0937. The topological polar surface area (TPSA) is 89.1 Å². The zero-order valence-corrected chi connectivity index (χ0v) is 20.0. The third-order valence-electron chi connectivity index (χ3n) is 6.21. The van der Waals surface area contributed by atoms with Crippen LogP contribution in [-0.4, -0.2) is 56.5 Å². The summed E-state index contributed by atoms with van der Waals surface area (Å²) in [5.74, 6) is 1.34. The summed E-state index contributed by atoms with van der Waals surface area (Å²) in [6, 6.07) is 9.78. The van der Waals surface area contributed by atoms with Gasteiger partial charge in [0.25, 0.3) is 11.8 Å². The number of benzene rings is 1. The Kier molecular flexibility index (Phi) is 7.23. The lowest BCUT2D eigenvalue weighted by Crippen LogP contribution is -2.33. The number of amides is 1. The predicted molar refractivity (Wildman–Crippen MR) is 128 cm³/mol. The SMILES string of the molecule is CCN(CC)CCCC(C)NC(=O)c1cccc(-n2nc(-c3nnc(C)o3)cc2C2CC2)c1. The monoisotopic (exact) mass is 450 g/mol. The van der Waals surface area contributed by atoms with Crippen molar-refractivity contribution in [1.29, 1.82) is 0 Å². The van der Waals surface area contributed by atoms with Crippen LogP contribution in [-0.2, 0) is 0 Å². The van der Waals surface area contributed by atoms with Crippen molar-refractivity contribution in [3.63, 3.8) is 0 Å². The van der Waals surface area contributed by atoms with E-state index in [0.717, 1.165) is 56.7 Å². The molecule has 1 aliphatic carbocycles. The Hall–Kier alpha value is -3.00. The average molecular weight is 451 g/mol. The second-order valence-corrected chi connectivity index (χ2v) is 8.86. The largest absolute Gasteiger partial charge is 0.420 e. The smallest absolute Gasteiger partial charge is 0.268 e. The highest BCUT2D eigenvalue weighted by atomic mass is 16.4. The van der Waals surface area contributed by atoms with Crippen LogP contribution in [0.3, 0.4) is 0 Å². The molecule has 8 nitrogen and oxygen atoms in total. The number of carbonyl (C=O) groups excluding carboxylic acids is 1. The van der Waals surface area contributed by atoms with Crippen molar-refractivity contribution in [2.45, 2.75) is 65.3 Å². The molecule has 176 valence electrons. The number of hydrogen-bond donors (Lipinski definition) is 1. The van der Waals surface area contributed by atoms with E-state index in [1.165, 1.54) is 0 Å². The molecule has 0 saturated heterocycles. The van der Waals surface area contributed by atoms with Crippen molar-refractivity contribution in [2.24, 2.45) is 0 Å². The van der Waals surface area contributed by atoms with Crippen molar-refractivity contribution in [1.82, 2.24) is 30.2 Å². The van der Waals surface area contributed by atoms with Gasteiger partial charge in [0, 0.05) is 30.1 Å². The molecule has 1 amide bonds. The normalized spacial score (nSPS) is 14.6. The van der Waals surface area contributed by atoms with Crippen molar-refractivity contribution in [3.05, 3.63) is 47.5 Å². The zero-order valence-electron chi connectivity index (χ0n) is 20.0. The summed E-state index contributed by atoms with van der Waals surface area (Å²) in [5.41, 5.74) is 3.27. The number of carbonyl (C=O) groups is 1. The number of nitrogens with one attached hydrogen (secondary N) is 1. The molecule has 2 aromatic heterocycles. The van der Waals surface area contributed by atoms with Gasteiger partial charge in [-0.1, -0.05) is 19.9 Å². The molecule has 4 rings (SSSR count). The van der Waals surface area contributed by atoms with Crippen LogP contribution in [0.1, 0.15) is 74.3 Å². The fraction of sp³-hybridized carbons (Fsp3) is 0.520. The summed E-state index contributed by atoms with van der Waals surface area (Å²) in [5, 5.41) is 15.9. The van der Waals surface area contributed by atoms with Gasteiger partial charge in [-0.3, -0.25) is 4.79 Å². The lowest BCUT2D eigenvalue weighted by atomic mass is 10.1. The van der Waals surface area contributed by atoms with Crippen molar-refractivity contribution in [2.75, 3.05) is 19.6 Å². The Morgan fingerprint density at radius 2 is 2.03 bits per heavy atom. The lowest BCUT2D eigenvalue weighted by Gasteiger charge is -2.20. The fourth-order valence-corrected chi connectivity index (χ4v) is 4.10. The first-order valence-electron chi connectivity index (χ1n) is 12.0. The minimum absolute atomic E-state index is 0.0555. The summed E-state index contributed by atoms with van der Waals surface area (Å²) in [6.07, 6.45) is 4.30. The minimum Gasteiger partial charge on any atom is -0.420 e. The van der Waals surface area contributed by atoms with E-state index in [1.54, 1.807) is 6.92 Å². The first-order valence-corrected chi connectivity index (χ1v) is 12.0. The number of hydrogen-bond acceptors (Lipinski definition) is 6. The van der Waals surface area contributed by atoms with E-state index in [9.17, 15) is 4.79 Å². The molecule has 8 heteroatoms. The zero-order chi connectivity index (χ0) is 23.4. The predicted octanol–water partition coefficient (Wildman–Crippen LogP) is 4.35. The van der Waals surface area contributed by atoms with Gasteiger partial charge in [0.05, 0.1) is 5.69 Å². The highest BCUT2D eigenvalue weighted by molar-refractivity contribution is 5.94. The van der Waals surface area contributed by atoms with Crippen LogP contribution in [0.15, 0.2) is 34.7 Å². The first-order chi connectivity index (χ1) is 16.0. The van der Waals surface area contributed by atoms with Gasteiger partial charge in [-0.15, -0.1) is 10.2 Å². The Bertz CT molecular complexity index is 1080. The van der Waals surface area contributed by atoms with E-state index in [2.05, 4.69) is 41.2 Å². The number of rotatable bonds is 11. The van der Waals surface area contributed by atoms with E-state index in [1.807, 2.05) is 35.0 Å². The Balaban J connectivity index is 1.46. The molecule has 1 atom stereocenters. The van der Waals surface area contributed by atoms with Gasteiger partial charge < -0.3 is 14.6 Å². The third-order valence-corrected chi connectivity index (χ3v) is 6.21. The van der Waals surface area contributed by atoms with Gasteiger partial charge in [0.2, 0.25) is 5.89 Å². The molecule has 1 fully saturated rings. The summed E-state index contributed by atoms with van der Waals surface area (Å²) in [7, 11) is 0. The van der Waals surface area contributed by atoms with Gasteiger partial charge >= 0.3 is 0 Å². The minimum atomic E-state index is -0.0555. The molecule has 3 aromatic rings. The van der Waals surface area contributed by atoms with Crippen LogP contribution < -0.4 is 5.32 Å². The highest BCUT2D eigenvalue weighted by Gasteiger charge is 2.30. The summed E-state index contributed by atoms with van der Waals surface area (Å²) in [4.78, 5) is 15.3. The van der Waals surface area contributed by atoms with E-state index < -0.39 is 0 Å². The second kappa shape index (κ2) is 10.3. The Morgan fingerprint density at radius 1 is 1.24 bits per heavy atom. The van der Waals surface area contributed by atoms with Crippen LogP contribution >= 0.6 is 0 Å². The van der Waals surface area contributed by atoms with E-state index in [0.29, 0.717) is 29.0 Å². The standard InChI is InChI=1S/C25H34N6O2/c1-5-30(6-2)14-8-9-17(3)26-24(32)20-10-7-11-21(15-20)31-23(19-12-13-19)16-22(29-31)25-28-27-18(4)33-25/h7,10-11,15-17,19H,5-6,8-9,12-14H2,1-4H3,(H,26,32). The van der Waals surface area contributed by atoms with Gasteiger partial charge in [-0.25, -0.2) is 4.68 Å². The summed E-state index contributed by atoms with van der Waals surface area (Å²) in [6.45, 7) is 11.4. The van der Waals surface area contributed by atoms with E-state index in [4.69, 9.17) is 9.52 Å². The maximum Gasteiger partial charge on any atom is 0.268 e. The molecule has 2 heterocycles. The maximum atomic E-state index is 12.9. The summed E-state index contributed by atoms with van der Waals surface area (Å²) >= 11 is 0. The Morgan fingerprint density at radius 3 is 2.70 bits per heavy atom. The van der Waals surface area contributed by atoms with Gasteiger partial charge in [-0.05, 0) is 76.5 Å². The molecule has 1 aromatic carbocycles. The molecule has 33 heavy (non-hydrogen) atoms. The van der Waals surface area contributed by atoms with Crippen LogP contribution in [0.2, 0.25) is 0 Å². The average Bonchev–Trinajstić information content (AvgIpc) is 3.41. The first kappa shape index (κ1) is 23.2. The molecule has 0 aliphatic heterocycles. The molecule has 0 spiro atoms. The van der Waals surface area contributed by atoms with Crippen LogP contribution in [0.4, 0.5) is 0 Å². The molecule has 1 unspecified atom stereocenters. The molecule has 1 saturated carbocycles. The van der Waals surface area contributed by atoms with E-state index >= 15 is 0 Å². The van der Waals surface area contributed by atoms with Crippen molar-refractivity contribution in [3.8, 4) is 17.3 Å². The number of nitrogens with zero attached hydrogens (tertiary/aromatic N) is 5. The fourth-order valence-electron chi connectivity index (χ4n) is 4.10. The highest BCUT2D eigenvalue weighted by Crippen LogP contribution is 2.42. The van der Waals surface area contributed by atoms with Gasteiger partial charge in [-0.2, -0.15) is 5.10 Å². The quantitative estimate of drug-likeness (QED) is 0.467. The Labute approximate surface area is 195 Å². The van der Waals surface area contributed by atoms with Crippen LogP contribution in [0.5, 0.6) is 0 Å². The summed E-state index contributed by atoms with van der Waals surface area (Å²) < 4.78 is 7.49. The molecule has 0 bridgehead atoms.